The van der Waals surface area contributed by atoms with Crippen LogP contribution < -0.4 is 0 Å². The molecular formula is C6H10Cl2F3O2Sn. The van der Waals surface area contributed by atoms with E-state index in [2.05, 4.69) is 6.92 Å². The van der Waals surface area contributed by atoms with Crippen LogP contribution >= 0.6 is 17.8 Å². The molecule has 0 atom stereocenters. The third-order valence-corrected chi connectivity index (χ3v) is 5.59. The van der Waals surface area contributed by atoms with Crippen LogP contribution in [-0.4, -0.2) is 34.8 Å². The summed E-state index contributed by atoms with van der Waals surface area (Å²) in [4.78, 5) is 8.90. The van der Waals surface area contributed by atoms with Gasteiger partial charge < -0.3 is 5.11 Å². The van der Waals surface area contributed by atoms with E-state index in [0.717, 1.165) is 4.44 Å². The average molecular weight is 361 g/mol. The van der Waals surface area contributed by atoms with E-state index in [1.54, 1.807) is 0 Å². The number of aliphatic carboxylic acids is 1. The number of carbonyl (C=O) groups is 1. The Balaban J connectivity index is 0. The van der Waals surface area contributed by atoms with Gasteiger partial charge in [0.25, 0.3) is 0 Å². The summed E-state index contributed by atoms with van der Waals surface area (Å²) < 4.78 is 32.9. The van der Waals surface area contributed by atoms with Gasteiger partial charge in [-0.1, -0.05) is 0 Å². The first-order chi connectivity index (χ1) is 6.21. The molecule has 1 radical (unpaired) electrons. The summed E-state index contributed by atoms with van der Waals surface area (Å²) in [6.07, 6.45) is -2.63. The molecule has 0 unspecified atom stereocenters. The average Bonchev–Trinajstić information content (AvgIpc) is 2.00. The first-order valence-electron chi connectivity index (χ1n) is 3.68. The van der Waals surface area contributed by atoms with Gasteiger partial charge in [-0.05, 0) is 0 Å². The van der Waals surface area contributed by atoms with Gasteiger partial charge in [-0.3, -0.25) is 0 Å². The number of carboxylic acid groups (broad SMARTS) is 1. The Kier molecular flexibility index (Phi) is 10.8. The van der Waals surface area contributed by atoms with Gasteiger partial charge in [0.1, 0.15) is 0 Å². The fourth-order valence-electron chi connectivity index (χ4n) is 0.310. The molecule has 0 saturated carbocycles. The minimum absolute atomic E-state index is 1.13. The van der Waals surface area contributed by atoms with E-state index in [9.17, 15) is 13.2 Å². The molecule has 8 heteroatoms. The Morgan fingerprint density at radius 2 is 1.79 bits per heavy atom. The van der Waals surface area contributed by atoms with E-state index in [1.807, 2.05) is 0 Å². The number of rotatable bonds is 3. The molecule has 0 aliphatic heterocycles. The van der Waals surface area contributed by atoms with Crippen molar-refractivity contribution >= 4 is 41.3 Å². The van der Waals surface area contributed by atoms with Crippen molar-refractivity contribution in [2.45, 2.75) is 30.4 Å². The minimum atomic E-state index is -5.08. The fourth-order valence-corrected chi connectivity index (χ4v) is 3.88. The summed E-state index contributed by atoms with van der Waals surface area (Å²) in [6.45, 7) is 2.15. The molecule has 85 valence electrons. The number of hydrogen-bond donors (Lipinski definition) is 1. The summed E-state index contributed by atoms with van der Waals surface area (Å²) >= 11 is -1.70. The van der Waals surface area contributed by atoms with Gasteiger partial charge in [0.05, 0.1) is 0 Å². The molecule has 0 spiro atoms. The second-order valence-electron chi connectivity index (χ2n) is 2.25. The normalized spacial score (nSPS) is 10.8. The minimum Gasteiger partial charge on any atom is -0.475 e. The Labute approximate surface area is 94.5 Å². The van der Waals surface area contributed by atoms with Crippen LogP contribution in [0.3, 0.4) is 0 Å². The zero-order valence-electron chi connectivity index (χ0n) is 7.37. The maximum atomic E-state index is 10.6. The van der Waals surface area contributed by atoms with E-state index in [1.165, 1.54) is 12.8 Å². The molecule has 0 fully saturated rings. The van der Waals surface area contributed by atoms with Crippen LogP contribution in [0.5, 0.6) is 0 Å². The monoisotopic (exact) mass is 361 g/mol. The summed E-state index contributed by atoms with van der Waals surface area (Å²) in [5.41, 5.74) is 0. The molecule has 0 amide bonds. The third kappa shape index (κ3) is 15.1. The van der Waals surface area contributed by atoms with Crippen LogP contribution in [0.15, 0.2) is 0 Å². The molecule has 0 heterocycles. The number of alkyl halides is 3. The fraction of sp³-hybridized carbons (Fsp3) is 0.833. The molecule has 2 nitrogen and oxygen atoms in total. The number of carboxylic acids is 1. The molecule has 0 aromatic rings. The van der Waals surface area contributed by atoms with E-state index >= 15 is 0 Å². The Hall–Kier alpha value is 0.639. The summed E-state index contributed by atoms with van der Waals surface area (Å²) in [5, 5.41) is 7.12. The second-order valence-corrected chi connectivity index (χ2v) is 13.0. The molecule has 0 aliphatic carbocycles. The first kappa shape index (κ1) is 17.0. The largest absolute Gasteiger partial charge is 0.490 e. The summed E-state index contributed by atoms with van der Waals surface area (Å²) in [6, 6.07) is 0. The Morgan fingerprint density at radius 1 is 1.43 bits per heavy atom. The van der Waals surface area contributed by atoms with Crippen molar-refractivity contribution in [1.29, 1.82) is 0 Å². The molecule has 0 saturated heterocycles. The van der Waals surface area contributed by atoms with Crippen molar-refractivity contribution in [1.82, 2.24) is 0 Å². The number of hydrogen-bond acceptors (Lipinski definition) is 1. The van der Waals surface area contributed by atoms with Gasteiger partial charge in [0, 0.05) is 0 Å². The number of halogens is 5. The van der Waals surface area contributed by atoms with E-state index in [0.29, 0.717) is 0 Å². The van der Waals surface area contributed by atoms with Gasteiger partial charge in [-0.15, -0.1) is 0 Å². The maximum absolute atomic E-state index is 10.6. The summed E-state index contributed by atoms with van der Waals surface area (Å²) in [7, 11) is 11.2. The van der Waals surface area contributed by atoms with Crippen molar-refractivity contribution in [3.8, 4) is 0 Å². The van der Waals surface area contributed by atoms with Crippen molar-refractivity contribution in [2.75, 3.05) is 0 Å². The third-order valence-electron chi connectivity index (χ3n) is 0.962. The smallest absolute Gasteiger partial charge is 0.475 e. The van der Waals surface area contributed by atoms with Crippen LogP contribution in [0.4, 0.5) is 13.2 Å². The quantitative estimate of drug-likeness (QED) is 0.783. The second kappa shape index (κ2) is 8.91. The Morgan fingerprint density at radius 3 is 1.86 bits per heavy atom. The molecule has 0 rings (SSSR count). The molecule has 0 bridgehead atoms. The predicted molar refractivity (Wildman–Crippen MR) is 50.9 cm³/mol. The van der Waals surface area contributed by atoms with Gasteiger partial charge >= 0.3 is 71.7 Å². The van der Waals surface area contributed by atoms with Crippen molar-refractivity contribution in [3.05, 3.63) is 0 Å². The van der Waals surface area contributed by atoms with Crippen LogP contribution in [0.2, 0.25) is 4.44 Å². The van der Waals surface area contributed by atoms with Gasteiger partial charge in [-0.2, -0.15) is 13.2 Å². The molecule has 1 N–H and O–H groups in total. The van der Waals surface area contributed by atoms with Crippen LogP contribution in [0.1, 0.15) is 19.8 Å². The van der Waals surface area contributed by atoms with Gasteiger partial charge in [0.2, 0.25) is 0 Å². The van der Waals surface area contributed by atoms with E-state index in [-0.39, 0.29) is 0 Å². The van der Waals surface area contributed by atoms with Crippen LogP contribution in [0, 0.1) is 0 Å². The van der Waals surface area contributed by atoms with E-state index in [4.69, 9.17) is 27.7 Å². The SMILES string of the molecule is CCC[CH2][Sn]([Cl])[Cl].O=C(O)C(F)(F)F. The molecule has 0 aromatic heterocycles. The zero-order valence-corrected chi connectivity index (χ0v) is 11.7. The van der Waals surface area contributed by atoms with Crippen molar-refractivity contribution < 1.29 is 23.1 Å². The first-order valence-corrected chi connectivity index (χ1v) is 12.9. The topological polar surface area (TPSA) is 37.3 Å². The van der Waals surface area contributed by atoms with Crippen LogP contribution in [-0.2, 0) is 4.79 Å². The van der Waals surface area contributed by atoms with E-state index < -0.39 is 29.7 Å². The Bertz CT molecular complexity index is 164. The van der Waals surface area contributed by atoms with Crippen molar-refractivity contribution in [3.63, 3.8) is 0 Å². The zero-order chi connectivity index (χ0) is 11.8. The molecular weight excluding hydrogens is 351 g/mol. The van der Waals surface area contributed by atoms with Gasteiger partial charge in [0.15, 0.2) is 0 Å². The summed E-state index contributed by atoms with van der Waals surface area (Å²) in [5.74, 6) is -2.76. The molecule has 14 heavy (non-hydrogen) atoms. The predicted octanol–water partition coefficient (Wildman–Crippen LogP) is 3.39. The standard InChI is InChI=1S/C4H9.C2HF3O2.2ClH.Sn/c1-3-4-2;3-2(4,5)1(6)7;;;/h1,3-4H2,2H3;(H,6,7);2*1H;/q;;;;+2/p-2. The van der Waals surface area contributed by atoms with Crippen LogP contribution in [0.25, 0.3) is 0 Å². The number of unbranched alkanes of at least 4 members (excludes halogenated alkanes) is 1. The molecule has 0 aromatic carbocycles. The maximum Gasteiger partial charge on any atom is 0.490 e. The molecule has 0 aliphatic rings. The van der Waals surface area contributed by atoms with Crippen molar-refractivity contribution in [2.24, 2.45) is 0 Å². The van der Waals surface area contributed by atoms with Gasteiger partial charge in [-0.25, -0.2) is 4.79 Å².